The number of benzene rings is 2. The highest BCUT2D eigenvalue weighted by Crippen LogP contribution is 2.30. The van der Waals surface area contributed by atoms with Gasteiger partial charge in [-0.3, -0.25) is 0 Å². The molecular weight excluding hydrogens is 494 g/mol. The third-order valence-corrected chi connectivity index (χ3v) is 6.54. The van der Waals surface area contributed by atoms with Crippen molar-refractivity contribution in [2.24, 2.45) is 0 Å². The van der Waals surface area contributed by atoms with Crippen molar-refractivity contribution >= 4 is 34.4 Å². The molecule has 0 aliphatic heterocycles. The summed E-state index contributed by atoms with van der Waals surface area (Å²) in [5.74, 6) is -0.214. The van der Waals surface area contributed by atoms with Gasteiger partial charge in [-0.25, -0.2) is 19.6 Å². The van der Waals surface area contributed by atoms with Gasteiger partial charge in [0.25, 0.3) is 0 Å². The summed E-state index contributed by atoms with van der Waals surface area (Å²) in [6.45, 7) is 2.28. The molecule has 37 heavy (non-hydrogen) atoms. The number of halogens is 1. The SMILES string of the molecule is CCCCc1nc(Cl)c(CO)n1Cc1ccc2nc(-c3ccccc3C(=O)OC)cc(C(=O)OC)c2c1. The Hall–Kier alpha value is -3.75. The number of aryl methyl sites for hydroxylation is 1. The van der Waals surface area contributed by atoms with Crippen molar-refractivity contribution in [3.63, 3.8) is 0 Å². The molecule has 0 saturated heterocycles. The minimum Gasteiger partial charge on any atom is -0.465 e. The quantitative estimate of drug-likeness (QED) is 0.301. The van der Waals surface area contributed by atoms with E-state index in [-0.39, 0.29) is 6.61 Å². The van der Waals surface area contributed by atoms with E-state index in [1.807, 2.05) is 22.8 Å². The Balaban J connectivity index is 1.83. The number of hydrogen-bond donors (Lipinski definition) is 1. The number of aromatic nitrogens is 3. The summed E-state index contributed by atoms with van der Waals surface area (Å²) in [4.78, 5) is 34.4. The van der Waals surface area contributed by atoms with Gasteiger partial charge in [0.2, 0.25) is 0 Å². The largest absolute Gasteiger partial charge is 0.465 e. The Morgan fingerprint density at radius 2 is 1.73 bits per heavy atom. The lowest BCUT2D eigenvalue weighted by atomic mass is 9.99. The Morgan fingerprint density at radius 1 is 1.00 bits per heavy atom. The van der Waals surface area contributed by atoms with Gasteiger partial charge < -0.3 is 19.1 Å². The van der Waals surface area contributed by atoms with Crippen LogP contribution in [0.15, 0.2) is 48.5 Å². The highest BCUT2D eigenvalue weighted by atomic mass is 35.5. The van der Waals surface area contributed by atoms with E-state index in [0.29, 0.717) is 50.7 Å². The summed E-state index contributed by atoms with van der Waals surface area (Å²) in [5.41, 5.74) is 3.66. The summed E-state index contributed by atoms with van der Waals surface area (Å²) in [6.07, 6.45) is 2.69. The second-order valence-corrected chi connectivity index (χ2v) is 8.91. The van der Waals surface area contributed by atoms with E-state index in [0.717, 1.165) is 30.7 Å². The summed E-state index contributed by atoms with van der Waals surface area (Å²) >= 11 is 6.30. The first-order valence-electron chi connectivity index (χ1n) is 12.0. The number of methoxy groups -OCH3 is 2. The second-order valence-electron chi connectivity index (χ2n) is 8.55. The smallest absolute Gasteiger partial charge is 0.338 e. The number of aliphatic hydroxyl groups is 1. The molecule has 0 radical (unpaired) electrons. The normalized spacial score (nSPS) is 11.1. The fourth-order valence-corrected chi connectivity index (χ4v) is 4.59. The topological polar surface area (TPSA) is 104 Å². The van der Waals surface area contributed by atoms with Gasteiger partial charge in [-0.2, -0.15) is 0 Å². The van der Waals surface area contributed by atoms with Crippen LogP contribution in [0.25, 0.3) is 22.2 Å². The zero-order valence-electron chi connectivity index (χ0n) is 21.0. The first kappa shape index (κ1) is 26.3. The Bertz CT molecular complexity index is 1460. The zero-order chi connectivity index (χ0) is 26.5. The number of aliphatic hydroxyl groups excluding tert-OH is 1. The Labute approximate surface area is 219 Å². The van der Waals surface area contributed by atoms with Crippen LogP contribution in [0.4, 0.5) is 0 Å². The van der Waals surface area contributed by atoms with Gasteiger partial charge >= 0.3 is 11.9 Å². The number of pyridine rings is 1. The van der Waals surface area contributed by atoms with E-state index in [4.69, 9.17) is 26.1 Å². The number of carbonyl (C=O) groups is 2. The van der Waals surface area contributed by atoms with Crippen LogP contribution in [0.3, 0.4) is 0 Å². The Kier molecular flexibility index (Phi) is 8.21. The van der Waals surface area contributed by atoms with Gasteiger partial charge in [0, 0.05) is 23.9 Å². The van der Waals surface area contributed by atoms with E-state index in [1.165, 1.54) is 14.2 Å². The molecule has 0 unspecified atom stereocenters. The second kappa shape index (κ2) is 11.5. The number of fused-ring (bicyclic) bond motifs is 1. The third kappa shape index (κ3) is 5.35. The minimum absolute atomic E-state index is 0.233. The number of unbranched alkanes of at least 4 members (excludes halogenated alkanes) is 1. The number of esters is 2. The van der Waals surface area contributed by atoms with E-state index >= 15 is 0 Å². The fourth-order valence-electron chi connectivity index (χ4n) is 4.33. The maximum absolute atomic E-state index is 12.8. The fraction of sp³-hybridized carbons (Fsp3) is 0.286. The summed E-state index contributed by atoms with van der Waals surface area (Å²) in [7, 11) is 2.64. The maximum atomic E-state index is 12.8. The minimum atomic E-state index is -0.522. The maximum Gasteiger partial charge on any atom is 0.338 e. The van der Waals surface area contributed by atoms with Crippen LogP contribution in [0.5, 0.6) is 0 Å². The van der Waals surface area contributed by atoms with Crippen LogP contribution < -0.4 is 0 Å². The van der Waals surface area contributed by atoms with E-state index in [1.54, 1.807) is 30.3 Å². The molecule has 0 bridgehead atoms. The molecular formula is C28H28ClN3O5. The van der Waals surface area contributed by atoms with Crippen LogP contribution in [-0.4, -0.2) is 45.8 Å². The molecule has 0 aliphatic carbocycles. The van der Waals surface area contributed by atoms with Gasteiger partial charge in [-0.15, -0.1) is 0 Å². The van der Waals surface area contributed by atoms with Crippen LogP contribution in [0, 0.1) is 0 Å². The average molecular weight is 522 g/mol. The van der Waals surface area contributed by atoms with Crippen LogP contribution in [0.1, 0.15) is 57.6 Å². The van der Waals surface area contributed by atoms with Crippen molar-refractivity contribution < 1.29 is 24.2 Å². The zero-order valence-corrected chi connectivity index (χ0v) is 21.7. The van der Waals surface area contributed by atoms with Gasteiger partial charge in [0.1, 0.15) is 5.82 Å². The highest BCUT2D eigenvalue weighted by molar-refractivity contribution is 6.30. The summed E-state index contributed by atoms with van der Waals surface area (Å²) < 4.78 is 11.9. The lowest BCUT2D eigenvalue weighted by molar-refractivity contribution is 0.0594. The number of carbonyl (C=O) groups excluding carboxylic acids is 2. The molecule has 2 aromatic carbocycles. The standard InChI is InChI=1S/C28H28ClN3O5/c1-4-5-10-25-31-26(29)24(16-33)32(25)15-17-11-12-22-20(13-17)21(28(35)37-3)14-23(30-22)18-8-6-7-9-19(18)27(34)36-2/h6-9,11-14,33H,4-5,10,15-16H2,1-3H3. The predicted molar refractivity (Wildman–Crippen MR) is 141 cm³/mol. The molecule has 192 valence electrons. The van der Waals surface area contributed by atoms with Gasteiger partial charge in [-0.1, -0.05) is 49.2 Å². The number of nitrogens with zero attached hydrogens (tertiary/aromatic N) is 3. The van der Waals surface area contributed by atoms with E-state index in [2.05, 4.69) is 11.9 Å². The first-order chi connectivity index (χ1) is 17.9. The number of ether oxygens (including phenoxy) is 2. The lowest BCUT2D eigenvalue weighted by Crippen LogP contribution is -2.10. The van der Waals surface area contributed by atoms with Crippen LogP contribution >= 0.6 is 11.6 Å². The average Bonchev–Trinajstić information content (AvgIpc) is 3.23. The first-order valence-corrected chi connectivity index (χ1v) is 12.3. The molecule has 4 aromatic rings. The van der Waals surface area contributed by atoms with Crippen molar-refractivity contribution in [1.29, 1.82) is 0 Å². The van der Waals surface area contributed by atoms with E-state index in [9.17, 15) is 14.7 Å². The molecule has 4 rings (SSSR count). The third-order valence-electron chi connectivity index (χ3n) is 6.23. The van der Waals surface area contributed by atoms with Crippen LogP contribution in [-0.2, 0) is 29.0 Å². The van der Waals surface area contributed by atoms with Crippen molar-refractivity contribution in [2.45, 2.75) is 39.3 Å². The van der Waals surface area contributed by atoms with Crippen molar-refractivity contribution in [3.05, 3.63) is 81.9 Å². The molecule has 9 heteroatoms. The molecule has 2 heterocycles. The molecule has 0 atom stereocenters. The van der Waals surface area contributed by atoms with Crippen molar-refractivity contribution in [2.75, 3.05) is 14.2 Å². The van der Waals surface area contributed by atoms with Crippen LogP contribution in [0.2, 0.25) is 5.15 Å². The van der Waals surface area contributed by atoms with E-state index < -0.39 is 11.9 Å². The monoisotopic (exact) mass is 521 g/mol. The predicted octanol–water partition coefficient (Wildman–Crippen LogP) is 5.21. The van der Waals surface area contributed by atoms with Crippen molar-refractivity contribution in [1.82, 2.24) is 14.5 Å². The molecule has 2 aromatic heterocycles. The summed E-state index contributed by atoms with van der Waals surface area (Å²) in [6, 6.07) is 14.2. The summed E-state index contributed by atoms with van der Waals surface area (Å²) in [5, 5.41) is 10.8. The molecule has 0 spiro atoms. The molecule has 0 fully saturated rings. The number of rotatable bonds is 9. The number of imidazole rings is 1. The van der Waals surface area contributed by atoms with Gasteiger partial charge in [0.15, 0.2) is 5.15 Å². The molecule has 0 saturated carbocycles. The number of hydrogen-bond acceptors (Lipinski definition) is 7. The van der Waals surface area contributed by atoms with Gasteiger partial charge in [0.05, 0.1) is 48.9 Å². The lowest BCUT2D eigenvalue weighted by Gasteiger charge is -2.14. The highest BCUT2D eigenvalue weighted by Gasteiger charge is 2.20. The molecule has 8 nitrogen and oxygen atoms in total. The van der Waals surface area contributed by atoms with Crippen molar-refractivity contribution in [3.8, 4) is 11.3 Å². The van der Waals surface area contributed by atoms with Gasteiger partial charge in [-0.05, 0) is 36.2 Å². The molecule has 0 aliphatic rings. The molecule has 0 amide bonds. The molecule has 1 N–H and O–H groups in total. The Morgan fingerprint density at radius 3 is 2.43 bits per heavy atom.